The van der Waals surface area contributed by atoms with Crippen molar-refractivity contribution in [3.05, 3.63) is 22.8 Å². The van der Waals surface area contributed by atoms with E-state index in [2.05, 4.69) is 25.8 Å². The van der Waals surface area contributed by atoms with E-state index in [0.717, 1.165) is 36.4 Å². The predicted molar refractivity (Wildman–Crippen MR) is 91.2 cm³/mol. The number of rotatable bonds is 3. The Kier molecular flexibility index (Phi) is 5.32. The molecule has 0 saturated carbocycles. The first-order valence-corrected chi connectivity index (χ1v) is 8.39. The first kappa shape index (κ1) is 17.1. The summed E-state index contributed by atoms with van der Waals surface area (Å²) in [4.78, 5) is 20.7. The summed E-state index contributed by atoms with van der Waals surface area (Å²) in [6.07, 6.45) is 1.80. The molecule has 1 fully saturated rings. The van der Waals surface area contributed by atoms with Gasteiger partial charge < -0.3 is 14.5 Å². The molecule has 0 unspecified atom stereocenters. The smallest absolute Gasteiger partial charge is 0.410 e. The van der Waals surface area contributed by atoms with E-state index in [1.54, 1.807) is 0 Å². The molecule has 0 aliphatic carbocycles. The molecule has 1 aliphatic rings. The van der Waals surface area contributed by atoms with E-state index in [0.29, 0.717) is 0 Å². The second-order valence-corrected chi connectivity index (χ2v) is 7.48. The van der Waals surface area contributed by atoms with E-state index >= 15 is 0 Å². The van der Waals surface area contributed by atoms with E-state index < -0.39 is 5.60 Å². The average Bonchev–Trinajstić information content (AvgIpc) is 2.85. The Labute approximate surface area is 140 Å². The van der Waals surface area contributed by atoms with E-state index in [-0.39, 0.29) is 12.1 Å². The van der Waals surface area contributed by atoms with Gasteiger partial charge in [0.1, 0.15) is 16.0 Å². The largest absolute Gasteiger partial charge is 0.444 e. The first-order chi connectivity index (χ1) is 10.3. The maximum Gasteiger partial charge on any atom is 0.410 e. The molecule has 22 heavy (non-hydrogen) atoms. The number of likely N-dealkylation sites (N-methyl/N-ethyl adjacent to an activating group) is 1. The van der Waals surface area contributed by atoms with Gasteiger partial charge in [0, 0.05) is 20.1 Å². The molecular weight excluding hydrogens is 346 g/mol. The van der Waals surface area contributed by atoms with Crippen molar-refractivity contribution in [2.45, 2.75) is 45.3 Å². The molecule has 1 aliphatic heterocycles. The molecule has 122 valence electrons. The number of anilines is 1. The lowest BCUT2D eigenvalue weighted by Gasteiger charge is -2.31. The number of halogens is 1. The van der Waals surface area contributed by atoms with Crippen LogP contribution in [0.5, 0.6) is 0 Å². The van der Waals surface area contributed by atoms with Crippen LogP contribution in [0.4, 0.5) is 10.6 Å². The molecule has 1 aromatic heterocycles. The van der Waals surface area contributed by atoms with E-state index in [1.165, 1.54) is 0 Å². The third kappa shape index (κ3) is 4.60. The Bertz CT molecular complexity index is 530. The number of likely N-dealkylation sites (tertiary alicyclic amines) is 1. The number of ether oxygens (including phenoxy) is 1. The lowest BCUT2D eigenvalue weighted by atomic mass is 10.2. The monoisotopic (exact) mass is 369 g/mol. The zero-order valence-electron chi connectivity index (χ0n) is 13.7. The standard InChI is InChI=1S/C16H24BrN3O2/c1-16(2,3)22-15(21)20-10-6-7-12(20)11-19(4)14-9-5-8-13(17)18-14/h5,8-9,12H,6-7,10-11H2,1-4H3/t12-/m1/s1. The summed E-state index contributed by atoms with van der Waals surface area (Å²) >= 11 is 3.39. The van der Waals surface area contributed by atoms with Crippen LogP contribution in [0, 0.1) is 0 Å². The number of carbonyl (C=O) groups is 1. The number of pyridine rings is 1. The van der Waals surface area contributed by atoms with Gasteiger partial charge in [0.05, 0.1) is 6.04 Å². The van der Waals surface area contributed by atoms with E-state index in [1.807, 2.05) is 50.9 Å². The van der Waals surface area contributed by atoms with Gasteiger partial charge >= 0.3 is 6.09 Å². The number of hydrogen-bond donors (Lipinski definition) is 0. The number of aromatic nitrogens is 1. The lowest BCUT2D eigenvalue weighted by molar-refractivity contribution is 0.0232. The zero-order valence-corrected chi connectivity index (χ0v) is 15.3. The van der Waals surface area contributed by atoms with Gasteiger partial charge in [-0.2, -0.15) is 0 Å². The van der Waals surface area contributed by atoms with Crippen LogP contribution >= 0.6 is 15.9 Å². The van der Waals surface area contributed by atoms with Crippen LogP contribution in [0.15, 0.2) is 22.8 Å². The van der Waals surface area contributed by atoms with E-state index in [9.17, 15) is 4.79 Å². The van der Waals surface area contributed by atoms with Crippen molar-refractivity contribution in [2.75, 3.05) is 25.0 Å². The van der Waals surface area contributed by atoms with Crippen LogP contribution in [-0.4, -0.2) is 47.8 Å². The van der Waals surface area contributed by atoms with Crippen molar-refractivity contribution < 1.29 is 9.53 Å². The summed E-state index contributed by atoms with van der Waals surface area (Å²) in [7, 11) is 2.00. The van der Waals surface area contributed by atoms with Crippen LogP contribution in [-0.2, 0) is 4.74 Å². The quantitative estimate of drug-likeness (QED) is 0.762. The minimum absolute atomic E-state index is 0.167. The Morgan fingerprint density at radius 1 is 1.50 bits per heavy atom. The summed E-state index contributed by atoms with van der Waals surface area (Å²) in [6.45, 7) is 7.20. The molecule has 6 heteroatoms. The fourth-order valence-corrected chi connectivity index (χ4v) is 2.94. The van der Waals surface area contributed by atoms with Crippen LogP contribution in [0.3, 0.4) is 0 Å². The highest BCUT2D eigenvalue weighted by Gasteiger charge is 2.32. The van der Waals surface area contributed by atoms with E-state index in [4.69, 9.17) is 4.74 Å². The minimum atomic E-state index is -0.456. The fourth-order valence-electron chi connectivity index (χ4n) is 2.61. The predicted octanol–water partition coefficient (Wildman–Crippen LogP) is 3.68. The van der Waals surface area contributed by atoms with Gasteiger partial charge in [-0.3, -0.25) is 0 Å². The number of carbonyl (C=O) groups excluding carboxylic acids is 1. The Morgan fingerprint density at radius 3 is 2.86 bits per heavy atom. The maximum atomic E-state index is 12.3. The highest BCUT2D eigenvalue weighted by atomic mass is 79.9. The number of nitrogens with zero attached hydrogens (tertiary/aromatic N) is 3. The van der Waals surface area contributed by atoms with Gasteiger partial charge in [0.2, 0.25) is 0 Å². The zero-order chi connectivity index (χ0) is 16.3. The summed E-state index contributed by atoms with van der Waals surface area (Å²) in [5.74, 6) is 0.894. The summed E-state index contributed by atoms with van der Waals surface area (Å²) in [5.41, 5.74) is -0.456. The number of hydrogen-bond acceptors (Lipinski definition) is 4. The second-order valence-electron chi connectivity index (χ2n) is 6.67. The second kappa shape index (κ2) is 6.86. The molecular formula is C16H24BrN3O2. The van der Waals surface area contributed by atoms with Crippen molar-refractivity contribution in [2.24, 2.45) is 0 Å². The normalized spacial score (nSPS) is 18.4. The van der Waals surface area contributed by atoms with Crippen LogP contribution < -0.4 is 4.90 Å². The third-order valence-corrected chi connectivity index (χ3v) is 4.02. The van der Waals surface area contributed by atoms with Gasteiger partial charge in [-0.1, -0.05) is 6.07 Å². The Hall–Kier alpha value is -1.30. The molecule has 0 spiro atoms. The SMILES string of the molecule is CN(C[C@H]1CCCN1C(=O)OC(C)(C)C)c1cccc(Br)n1. The Morgan fingerprint density at radius 2 is 2.23 bits per heavy atom. The number of amides is 1. The van der Waals surface area contributed by atoms with Crippen molar-refractivity contribution in [3.63, 3.8) is 0 Å². The fraction of sp³-hybridized carbons (Fsp3) is 0.625. The minimum Gasteiger partial charge on any atom is -0.444 e. The third-order valence-electron chi connectivity index (χ3n) is 3.58. The van der Waals surface area contributed by atoms with Gasteiger partial charge in [0.15, 0.2) is 0 Å². The highest BCUT2D eigenvalue weighted by Crippen LogP contribution is 2.23. The van der Waals surface area contributed by atoms with Crippen LogP contribution in [0.1, 0.15) is 33.6 Å². The van der Waals surface area contributed by atoms with Crippen LogP contribution in [0.25, 0.3) is 0 Å². The van der Waals surface area contributed by atoms with Crippen molar-refractivity contribution >= 4 is 27.8 Å². The van der Waals surface area contributed by atoms with Crippen molar-refractivity contribution in [3.8, 4) is 0 Å². The summed E-state index contributed by atoms with van der Waals surface area (Å²) in [5, 5.41) is 0. The summed E-state index contributed by atoms with van der Waals surface area (Å²) < 4.78 is 6.32. The van der Waals surface area contributed by atoms with Gasteiger partial charge in [-0.15, -0.1) is 0 Å². The van der Waals surface area contributed by atoms with Crippen molar-refractivity contribution in [1.82, 2.24) is 9.88 Å². The molecule has 1 atom stereocenters. The molecule has 0 aromatic carbocycles. The molecule has 2 heterocycles. The van der Waals surface area contributed by atoms with Crippen molar-refractivity contribution in [1.29, 1.82) is 0 Å². The molecule has 0 N–H and O–H groups in total. The molecule has 0 bridgehead atoms. The highest BCUT2D eigenvalue weighted by molar-refractivity contribution is 9.10. The maximum absolute atomic E-state index is 12.3. The first-order valence-electron chi connectivity index (χ1n) is 7.59. The lowest BCUT2D eigenvalue weighted by Crippen LogP contribution is -2.44. The van der Waals surface area contributed by atoms with Gasteiger partial charge in [-0.25, -0.2) is 9.78 Å². The molecule has 1 amide bonds. The molecule has 1 aromatic rings. The molecule has 1 saturated heterocycles. The molecule has 5 nitrogen and oxygen atoms in total. The molecule has 0 radical (unpaired) electrons. The van der Waals surface area contributed by atoms with Crippen LogP contribution in [0.2, 0.25) is 0 Å². The Balaban J connectivity index is 2.00. The topological polar surface area (TPSA) is 45.7 Å². The van der Waals surface area contributed by atoms with Gasteiger partial charge in [0.25, 0.3) is 0 Å². The van der Waals surface area contributed by atoms with Gasteiger partial charge in [-0.05, 0) is 61.7 Å². The molecule has 2 rings (SSSR count). The summed E-state index contributed by atoms with van der Waals surface area (Å²) in [6, 6.07) is 6.00. The average molecular weight is 370 g/mol.